The van der Waals surface area contributed by atoms with E-state index in [1.165, 1.54) is 6.92 Å². The quantitative estimate of drug-likeness (QED) is 0.833. The lowest BCUT2D eigenvalue weighted by Crippen LogP contribution is -2.54. The van der Waals surface area contributed by atoms with E-state index in [9.17, 15) is 13.2 Å². The van der Waals surface area contributed by atoms with Crippen molar-refractivity contribution >= 4 is 16.1 Å². The molecule has 0 spiro atoms. The molecule has 1 unspecified atom stereocenters. The number of carbonyl (C=O) groups excluding carboxylic acids is 1. The molecule has 7 heteroatoms. The Labute approximate surface area is 137 Å². The summed E-state index contributed by atoms with van der Waals surface area (Å²) in [5.74, 6) is -0.0100. The lowest BCUT2D eigenvalue weighted by atomic mass is 10.0. The molecule has 1 amide bonds. The molecule has 2 aliphatic heterocycles. The minimum absolute atomic E-state index is 0.0100. The highest BCUT2D eigenvalue weighted by molar-refractivity contribution is 7.86. The van der Waals surface area contributed by atoms with Crippen LogP contribution < -0.4 is 0 Å². The first-order valence-corrected chi connectivity index (χ1v) is 9.47. The summed E-state index contributed by atoms with van der Waals surface area (Å²) in [5.41, 5.74) is 0.932. The molecule has 0 N–H and O–H groups in total. The second kappa shape index (κ2) is 6.59. The Morgan fingerprint density at radius 2 is 1.70 bits per heavy atom. The average molecular weight is 337 g/mol. The van der Waals surface area contributed by atoms with Gasteiger partial charge < -0.3 is 4.90 Å². The molecule has 0 aliphatic carbocycles. The molecule has 0 bridgehead atoms. The fraction of sp³-hybridized carbons (Fsp3) is 0.562. The van der Waals surface area contributed by atoms with Gasteiger partial charge in [-0.15, -0.1) is 0 Å². The highest BCUT2D eigenvalue weighted by atomic mass is 32.2. The van der Waals surface area contributed by atoms with Crippen molar-refractivity contribution in [1.29, 1.82) is 0 Å². The first kappa shape index (κ1) is 16.4. The minimum atomic E-state index is -3.48. The molecule has 126 valence electrons. The summed E-state index contributed by atoms with van der Waals surface area (Å²) in [4.78, 5) is 13.5. The van der Waals surface area contributed by atoms with Crippen LogP contribution in [0.2, 0.25) is 0 Å². The molecule has 2 heterocycles. The SMILES string of the molecule is CC(=O)N1CCN(S(=O)(=O)N2CCCC2)C(c2ccccc2)C1. The van der Waals surface area contributed by atoms with Gasteiger partial charge >= 0.3 is 0 Å². The van der Waals surface area contributed by atoms with Gasteiger partial charge in [-0.1, -0.05) is 30.3 Å². The van der Waals surface area contributed by atoms with Crippen LogP contribution in [0.25, 0.3) is 0 Å². The number of carbonyl (C=O) groups is 1. The van der Waals surface area contributed by atoms with Gasteiger partial charge in [0.2, 0.25) is 5.91 Å². The van der Waals surface area contributed by atoms with E-state index in [4.69, 9.17) is 0 Å². The zero-order chi connectivity index (χ0) is 16.4. The van der Waals surface area contributed by atoms with Crippen molar-refractivity contribution in [3.63, 3.8) is 0 Å². The zero-order valence-corrected chi connectivity index (χ0v) is 14.2. The predicted molar refractivity (Wildman–Crippen MR) is 87.9 cm³/mol. The molecule has 3 rings (SSSR count). The Hall–Kier alpha value is -1.44. The summed E-state index contributed by atoms with van der Waals surface area (Å²) in [7, 11) is -3.48. The molecule has 1 atom stereocenters. The lowest BCUT2D eigenvalue weighted by Gasteiger charge is -2.41. The van der Waals surface area contributed by atoms with Crippen LogP contribution in [0, 0.1) is 0 Å². The van der Waals surface area contributed by atoms with Crippen LogP contribution in [0.5, 0.6) is 0 Å². The van der Waals surface area contributed by atoms with E-state index in [1.807, 2.05) is 30.3 Å². The van der Waals surface area contributed by atoms with Crippen LogP contribution in [0.3, 0.4) is 0 Å². The molecule has 23 heavy (non-hydrogen) atoms. The minimum Gasteiger partial charge on any atom is -0.340 e. The molecule has 2 aliphatic rings. The van der Waals surface area contributed by atoms with Gasteiger partial charge in [-0.3, -0.25) is 4.79 Å². The van der Waals surface area contributed by atoms with Gasteiger partial charge in [-0.2, -0.15) is 17.0 Å². The maximum Gasteiger partial charge on any atom is 0.282 e. The molecule has 0 aromatic heterocycles. The normalized spacial score (nSPS) is 24.0. The Bertz CT molecular complexity index is 656. The van der Waals surface area contributed by atoms with Gasteiger partial charge in [-0.25, -0.2) is 0 Å². The average Bonchev–Trinajstić information content (AvgIpc) is 3.10. The fourth-order valence-electron chi connectivity index (χ4n) is 3.34. The van der Waals surface area contributed by atoms with Crippen LogP contribution >= 0.6 is 0 Å². The number of hydrogen-bond acceptors (Lipinski definition) is 3. The Balaban J connectivity index is 1.92. The second-order valence-electron chi connectivity index (χ2n) is 6.12. The van der Waals surface area contributed by atoms with Gasteiger partial charge in [0.25, 0.3) is 10.2 Å². The van der Waals surface area contributed by atoms with Crippen LogP contribution in [0.15, 0.2) is 30.3 Å². The van der Waals surface area contributed by atoms with E-state index in [1.54, 1.807) is 13.5 Å². The van der Waals surface area contributed by atoms with E-state index in [2.05, 4.69) is 0 Å². The fourth-order valence-corrected chi connectivity index (χ4v) is 5.18. The van der Waals surface area contributed by atoms with Gasteiger partial charge in [0.05, 0.1) is 6.04 Å². The predicted octanol–water partition coefficient (Wildman–Crippen LogP) is 1.23. The molecular formula is C16H23N3O3S. The summed E-state index contributed by atoms with van der Waals surface area (Å²) in [6.45, 7) is 3.93. The smallest absolute Gasteiger partial charge is 0.282 e. The van der Waals surface area contributed by atoms with Crippen LogP contribution in [-0.4, -0.2) is 60.6 Å². The van der Waals surface area contributed by atoms with Crippen molar-refractivity contribution in [2.45, 2.75) is 25.8 Å². The first-order chi connectivity index (χ1) is 11.0. The van der Waals surface area contributed by atoms with Gasteiger partial charge in [0, 0.05) is 39.6 Å². The molecule has 1 aromatic rings. The topological polar surface area (TPSA) is 60.9 Å². The highest BCUT2D eigenvalue weighted by Crippen LogP contribution is 2.30. The van der Waals surface area contributed by atoms with Crippen LogP contribution in [-0.2, 0) is 15.0 Å². The standard InChI is InChI=1S/C16H23N3O3S/c1-14(20)17-11-12-19(23(21,22)18-9-5-6-10-18)16(13-17)15-7-3-2-4-8-15/h2-4,7-8,16H,5-6,9-13H2,1H3. The number of amides is 1. The van der Waals surface area contributed by atoms with Crippen molar-refractivity contribution in [2.75, 3.05) is 32.7 Å². The zero-order valence-electron chi connectivity index (χ0n) is 13.4. The second-order valence-corrected chi connectivity index (χ2v) is 8.00. The summed E-state index contributed by atoms with van der Waals surface area (Å²) in [6, 6.07) is 9.26. The van der Waals surface area contributed by atoms with Gasteiger partial charge in [0.15, 0.2) is 0 Å². The highest BCUT2D eigenvalue weighted by Gasteiger charge is 2.40. The van der Waals surface area contributed by atoms with Crippen LogP contribution in [0.1, 0.15) is 31.4 Å². The molecule has 2 fully saturated rings. The first-order valence-electron chi connectivity index (χ1n) is 8.07. The Kier molecular flexibility index (Phi) is 4.70. The number of rotatable bonds is 3. The van der Waals surface area contributed by atoms with Crippen molar-refractivity contribution in [3.05, 3.63) is 35.9 Å². The van der Waals surface area contributed by atoms with Crippen LogP contribution in [0.4, 0.5) is 0 Å². The molecular weight excluding hydrogens is 314 g/mol. The third-order valence-electron chi connectivity index (χ3n) is 4.65. The van der Waals surface area contributed by atoms with E-state index in [0.29, 0.717) is 32.7 Å². The van der Waals surface area contributed by atoms with Crippen molar-refractivity contribution in [3.8, 4) is 0 Å². The van der Waals surface area contributed by atoms with E-state index >= 15 is 0 Å². The summed E-state index contributed by atoms with van der Waals surface area (Å²) >= 11 is 0. The monoisotopic (exact) mass is 337 g/mol. The summed E-state index contributed by atoms with van der Waals surface area (Å²) < 4.78 is 29.1. The number of hydrogen-bond donors (Lipinski definition) is 0. The summed E-state index contributed by atoms with van der Waals surface area (Å²) in [5, 5.41) is 0. The molecule has 6 nitrogen and oxygen atoms in total. The van der Waals surface area contributed by atoms with Gasteiger partial charge in [-0.05, 0) is 18.4 Å². The molecule has 2 saturated heterocycles. The Morgan fingerprint density at radius 3 is 2.30 bits per heavy atom. The maximum absolute atomic E-state index is 13.0. The van der Waals surface area contributed by atoms with E-state index in [-0.39, 0.29) is 11.9 Å². The lowest BCUT2D eigenvalue weighted by molar-refractivity contribution is -0.131. The van der Waals surface area contributed by atoms with E-state index < -0.39 is 10.2 Å². The number of benzene rings is 1. The molecule has 1 aromatic carbocycles. The van der Waals surface area contributed by atoms with Crippen molar-refractivity contribution in [2.24, 2.45) is 0 Å². The number of nitrogens with zero attached hydrogens (tertiary/aromatic N) is 3. The van der Waals surface area contributed by atoms with Crippen molar-refractivity contribution < 1.29 is 13.2 Å². The third-order valence-corrected chi connectivity index (χ3v) is 6.70. The maximum atomic E-state index is 13.0. The summed E-state index contributed by atoms with van der Waals surface area (Å²) in [6.07, 6.45) is 1.84. The van der Waals surface area contributed by atoms with E-state index in [0.717, 1.165) is 18.4 Å². The largest absolute Gasteiger partial charge is 0.340 e. The Morgan fingerprint density at radius 1 is 1.04 bits per heavy atom. The third kappa shape index (κ3) is 3.27. The number of piperazine rings is 1. The molecule has 0 saturated carbocycles. The van der Waals surface area contributed by atoms with Crippen molar-refractivity contribution in [1.82, 2.24) is 13.5 Å². The van der Waals surface area contributed by atoms with Gasteiger partial charge in [0.1, 0.15) is 0 Å². The molecule has 0 radical (unpaired) electrons.